The smallest absolute Gasteiger partial charge is 0.355 e. The van der Waals surface area contributed by atoms with Gasteiger partial charge in [-0.25, -0.2) is 13.6 Å². The predicted molar refractivity (Wildman–Crippen MR) is 96.9 cm³/mol. The minimum absolute atomic E-state index is 0.218. The van der Waals surface area contributed by atoms with E-state index in [0.29, 0.717) is 27.8 Å². The molecule has 0 saturated carbocycles. The molecule has 0 saturated heterocycles. The van der Waals surface area contributed by atoms with Crippen LogP contribution in [0.25, 0.3) is 22.3 Å². The lowest BCUT2D eigenvalue weighted by atomic mass is 9.98. The number of carbonyl (C=O) groups excluding carboxylic acids is 1. The van der Waals surface area contributed by atoms with Crippen molar-refractivity contribution in [2.75, 3.05) is 6.61 Å². The first-order chi connectivity index (χ1) is 12.9. The monoisotopic (exact) mass is 366 g/mol. The molecule has 0 aliphatic rings. The molecule has 0 radical (unpaired) electrons. The fourth-order valence-electron chi connectivity index (χ4n) is 3.00. The van der Waals surface area contributed by atoms with E-state index in [9.17, 15) is 18.8 Å². The lowest BCUT2D eigenvalue weighted by Gasteiger charge is -2.09. The van der Waals surface area contributed by atoms with E-state index < -0.39 is 17.6 Å². The third-order valence-electron chi connectivity index (χ3n) is 4.14. The molecule has 0 atom stereocenters. The molecule has 0 spiro atoms. The highest BCUT2D eigenvalue weighted by Gasteiger charge is 2.22. The third kappa shape index (κ3) is 3.58. The van der Waals surface area contributed by atoms with Crippen LogP contribution in [0.1, 0.15) is 23.0 Å². The Balaban J connectivity index is 2.08. The largest absolute Gasteiger partial charge is 0.461 e. The average Bonchev–Trinajstić information content (AvgIpc) is 2.97. The van der Waals surface area contributed by atoms with Crippen molar-refractivity contribution in [1.82, 2.24) is 4.57 Å². The second-order valence-electron chi connectivity index (χ2n) is 5.95. The van der Waals surface area contributed by atoms with Crippen molar-refractivity contribution in [2.24, 2.45) is 7.05 Å². The van der Waals surface area contributed by atoms with Crippen molar-refractivity contribution in [3.05, 3.63) is 71.6 Å². The molecule has 0 bridgehead atoms. The molecule has 136 valence electrons. The van der Waals surface area contributed by atoms with Crippen LogP contribution < -0.4 is 0 Å². The Hall–Kier alpha value is -3.46. The number of rotatable bonds is 4. The molecule has 6 heteroatoms. The molecular weight excluding hydrogens is 350 g/mol. The van der Waals surface area contributed by atoms with E-state index in [2.05, 4.69) is 6.07 Å². The van der Waals surface area contributed by atoms with Gasteiger partial charge in [-0.3, -0.25) is 0 Å². The number of aromatic nitrogens is 1. The quantitative estimate of drug-likeness (QED) is 0.630. The van der Waals surface area contributed by atoms with E-state index in [4.69, 9.17) is 4.74 Å². The van der Waals surface area contributed by atoms with E-state index in [1.165, 1.54) is 12.1 Å². The van der Waals surface area contributed by atoms with Gasteiger partial charge in [0.2, 0.25) is 0 Å². The standard InChI is InChI=1S/C21H16F2N2O2/c1-3-27-21(26)20-19(16(11-24)12-25(20)2)14-6-4-13(5-7-14)15-8-17(22)10-18(23)9-15/h4-10,12H,3H2,1-2H3. The van der Waals surface area contributed by atoms with Crippen LogP contribution in [0.15, 0.2) is 48.7 Å². The Labute approximate surface area is 155 Å². The Morgan fingerprint density at radius 2 is 1.67 bits per heavy atom. The number of carbonyl (C=O) groups is 1. The number of nitrogens with zero attached hydrogens (tertiary/aromatic N) is 2. The third-order valence-corrected chi connectivity index (χ3v) is 4.14. The van der Waals surface area contributed by atoms with E-state index in [0.717, 1.165) is 6.07 Å². The van der Waals surface area contributed by atoms with Gasteiger partial charge in [-0.2, -0.15) is 5.26 Å². The van der Waals surface area contributed by atoms with Crippen molar-refractivity contribution in [3.8, 4) is 28.3 Å². The minimum atomic E-state index is -0.659. The van der Waals surface area contributed by atoms with Crippen LogP contribution in [0.2, 0.25) is 0 Å². The number of benzene rings is 2. The van der Waals surface area contributed by atoms with Crippen molar-refractivity contribution in [3.63, 3.8) is 0 Å². The topological polar surface area (TPSA) is 55.0 Å². The predicted octanol–water partition coefficient (Wildman–Crippen LogP) is 4.69. The number of ether oxygens (including phenoxy) is 1. The Morgan fingerprint density at radius 1 is 1.07 bits per heavy atom. The van der Waals surface area contributed by atoms with E-state index >= 15 is 0 Å². The number of hydrogen-bond acceptors (Lipinski definition) is 3. The van der Waals surface area contributed by atoms with Crippen molar-refractivity contribution < 1.29 is 18.3 Å². The van der Waals surface area contributed by atoms with Gasteiger partial charge < -0.3 is 9.30 Å². The zero-order valence-corrected chi connectivity index (χ0v) is 14.8. The summed E-state index contributed by atoms with van der Waals surface area (Å²) in [4.78, 5) is 12.3. The summed E-state index contributed by atoms with van der Waals surface area (Å²) in [5.41, 5.74) is 2.73. The van der Waals surface area contributed by atoms with Gasteiger partial charge in [-0.15, -0.1) is 0 Å². The fraction of sp³-hybridized carbons (Fsp3) is 0.143. The maximum Gasteiger partial charge on any atom is 0.355 e. The molecule has 27 heavy (non-hydrogen) atoms. The second kappa shape index (κ2) is 7.42. The van der Waals surface area contributed by atoms with Gasteiger partial charge in [0.15, 0.2) is 0 Å². The Morgan fingerprint density at radius 3 is 2.22 bits per heavy atom. The van der Waals surface area contributed by atoms with Gasteiger partial charge in [0.1, 0.15) is 23.4 Å². The first-order valence-electron chi connectivity index (χ1n) is 8.28. The molecule has 4 nitrogen and oxygen atoms in total. The Bertz CT molecular complexity index is 1030. The molecular formula is C21H16F2N2O2. The molecule has 0 N–H and O–H groups in total. The summed E-state index contributed by atoms with van der Waals surface area (Å²) < 4.78 is 33.5. The summed E-state index contributed by atoms with van der Waals surface area (Å²) in [6, 6.07) is 12.2. The molecule has 0 aliphatic carbocycles. The van der Waals surface area contributed by atoms with Crippen LogP contribution in [0, 0.1) is 23.0 Å². The van der Waals surface area contributed by atoms with Crippen molar-refractivity contribution >= 4 is 5.97 Å². The molecule has 0 aliphatic heterocycles. The highest BCUT2D eigenvalue weighted by Crippen LogP contribution is 2.32. The van der Waals surface area contributed by atoms with E-state index in [1.807, 2.05) is 0 Å². The first-order valence-corrected chi connectivity index (χ1v) is 8.28. The summed E-state index contributed by atoms with van der Waals surface area (Å²) in [6.45, 7) is 1.92. The zero-order valence-electron chi connectivity index (χ0n) is 14.8. The molecule has 0 unspecified atom stereocenters. The molecule has 3 rings (SSSR count). The SMILES string of the molecule is CCOC(=O)c1c(-c2ccc(-c3cc(F)cc(F)c3)cc2)c(C#N)cn1C. The minimum Gasteiger partial charge on any atom is -0.461 e. The molecule has 3 aromatic rings. The summed E-state index contributed by atoms with van der Waals surface area (Å²) in [5.74, 6) is -1.84. The maximum absolute atomic E-state index is 13.4. The average molecular weight is 366 g/mol. The first kappa shape index (κ1) is 18.3. The van der Waals surface area contributed by atoms with E-state index in [1.54, 1.807) is 49.0 Å². The lowest BCUT2D eigenvalue weighted by Crippen LogP contribution is -2.10. The van der Waals surface area contributed by atoms with Crippen molar-refractivity contribution in [2.45, 2.75) is 6.92 Å². The molecule has 2 aromatic carbocycles. The summed E-state index contributed by atoms with van der Waals surface area (Å²) in [6.07, 6.45) is 1.57. The van der Waals surface area contributed by atoms with Crippen LogP contribution in [0.3, 0.4) is 0 Å². The van der Waals surface area contributed by atoms with Crippen LogP contribution in [0.5, 0.6) is 0 Å². The number of esters is 1. The Kier molecular flexibility index (Phi) is 5.04. The van der Waals surface area contributed by atoms with Crippen LogP contribution in [-0.4, -0.2) is 17.1 Å². The number of nitriles is 1. The maximum atomic E-state index is 13.4. The number of halogens is 2. The van der Waals surface area contributed by atoms with Gasteiger partial charge in [0, 0.05) is 24.9 Å². The summed E-state index contributed by atoms with van der Waals surface area (Å²) >= 11 is 0. The summed E-state index contributed by atoms with van der Waals surface area (Å²) in [5, 5.41) is 9.42. The molecule has 1 heterocycles. The van der Waals surface area contributed by atoms with Crippen LogP contribution >= 0.6 is 0 Å². The molecule has 0 amide bonds. The summed E-state index contributed by atoms with van der Waals surface area (Å²) in [7, 11) is 1.67. The lowest BCUT2D eigenvalue weighted by molar-refractivity contribution is 0.0516. The van der Waals surface area contributed by atoms with Crippen molar-refractivity contribution in [1.29, 1.82) is 5.26 Å². The van der Waals surface area contributed by atoms with Gasteiger partial charge in [0.25, 0.3) is 0 Å². The normalized spacial score (nSPS) is 10.5. The number of hydrogen-bond donors (Lipinski definition) is 0. The molecule has 0 fully saturated rings. The van der Waals surface area contributed by atoms with Gasteiger partial charge in [0.05, 0.1) is 12.2 Å². The van der Waals surface area contributed by atoms with Gasteiger partial charge in [-0.05, 0) is 35.7 Å². The second-order valence-corrected chi connectivity index (χ2v) is 5.95. The zero-order chi connectivity index (χ0) is 19.6. The fourth-order valence-corrected chi connectivity index (χ4v) is 3.00. The highest BCUT2D eigenvalue weighted by molar-refractivity contribution is 5.98. The van der Waals surface area contributed by atoms with Crippen LogP contribution in [0.4, 0.5) is 8.78 Å². The van der Waals surface area contributed by atoms with Crippen LogP contribution in [-0.2, 0) is 11.8 Å². The van der Waals surface area contributed by atoms with E-state index in [-0.39, 0.29) is 12.3 Å². The molecule has 1 aromatic heterocycles. The van der Waals surface area contributed by atoms with Gasteiger partial charge in [-0.1, -0.05) is 24.3 Å². The highest BCUT2D eigenvalue weighted by atomic mass is 19.1. The number of aryl methyl sites for hydroxylation is 1. The van der Waals surface area contributed by atoms with Gasteiger partial charge >= 0.3 is 5.97 Å².